The Hall–Kier alpha value is -4.82. The second kappa shape index (κ2) is 9.81. The molecule has 36 heavy (non-hydrogen) atoms. The Kier molecular flexibility index (Phi) is 5.91. The zero-order valence-corrected chi connectivity index (χ0v) is 19.9. The fourth-order valence-corrected chi connectivity index (χ4v) is 4.67. The van der Waals surface area contributed by atoms with Crippen molar-refractivity contribution >= 4 is 33.5 Å². The third kappa shape index (κ3) is 4.70. The van der Waals surface area contributed by atoms with Gasteiger partial charge in [0.05, 0.1) is 0 Å². The molecule has 0 radical (unpaired) electrons. The lowest BCUT2D eigenvalue weighted by molar-refractivity contribution is 1.51. The van der Waals surface area contributed by atoms with Gasteiger partial charge >= 0.3 is 0 Å². The summed E-state index contributed by atoms with van der Waals surface area (Å²) in [7, 11) is 0. The summed E-state index contributed by atoms with van der Waals surface area (Å²) in [5.74, 6) is 0. The molecular weight excluding hydrogens is 436 g/mol. The van der Waals surface area contributed by atoms with E-state index >= 15 is 0 Å². The molecule has 0 aliphatic heterocycles. The van der Waals surface area contributed by atoms with E-state index in [4.69, 9.17) is 0 Å². The first-order valence-corrected chi connectivity index (χ1v) is 12.2. The minimum atomic E-state index is 1.03. The molecular formula is C34H26N2. The van der Waals surface area contributed by atoms with Crippen molar-refractivity contribution in [3.63, 3.8) is 0 Å². The van der Waals surface area contributed by atoms with Crippen LogP contribution in [0.5, 0.6) is 0 Å². The van der Waals surface area contributed by atoms with Gasteiger partial charge in [0.15, 0.2) is 0 Å². The highest BCUT2D eigenvalue weighted by molar-refractivity contribution is 5.98. The molecule has 0 aliphatic rings. The van der Waals surface area contributed by atoms with Crippen LogP contribution in [0.25, 0.3) is 33.0 Å². The summed E-state index contributed by atoms with van der Waals surface area (Å²) in [5, 5.41) is 9.73. The molecule has 0 saturated carbocycles. The summed E-state index contributed by atoms with van der Waals surface area (Å²) in [6.07, 6.45) is 0. The van der Waals surface area contributed by atoms with Crippen molar-refractivity contribution in [1.82, 2.24) is 0 Å². The SMILES string of the molecule is c1ccc(Nc2cc(Nc3cccc(-c4ccccc4)c3)cc(-c3cccc4ccccc34)c2)cc1. The number of rotatable bonds is 6. The van der Waals surface area contributed by atoms with Gasteiger partial charge in [-0.1, -0.05) is 103 Å². The van der Waals surface area contributed by atoms with Gasteiger partial charge in [-0.3, -0.25) is 0 Å². The number of hydrogen-bond acceptors (Lipinski definition) is 2. The Bertz CT molecular complexity index is 1620. The highest BCUT2D eigenvalue weighted by Crippen LogP contribution is 2.35. The van der Waals surface area contributed by atoms with E-state index < -0.39 is 0 Å². The van der Waals surface area contributed by atoms with Gasteiger partial charge in [-0.2, -0.15) is 0 Å². The zero-order chi connectivity index (χ0) is 24.2. The van der Waals surface area contributed by atoms with Crippen LogP contribution >= 0.6 is 0 Å². The van der Waals surface area contributed by atoms with Crippen molar-refractivity contribution < 1.29 is 0 Å². The quantitative estimate of drug-likeness (QED) is 0.257. The number of benzene rings is 6. The largest absolute Gasteiger partial charge is 0.355 e. The monoisotopic (exact) mass is 462 g/mol. The average Bonchev–Trinajstić information content (AvgIpc) is 2.94. The maximum absolute atomic E-state index is 3.66. The van der Waals surface area contributed by atoms with Crippen LogP contribution in [0.3, 0.4) is 0 Å². The number of para-hydroxylation sites is 1. The number of fused-ring (bicyclic) bond motifs is 1. The second-order valence-electron chi connectivity index (χ2n) is 8.89. The van der Waals surface area contributed by atoms with Crippen LogP contribution in [0.2, 0.25) is 0 Å². The van der Waals surface area contributed by atoms with Crippen molar-refractivity contribution in [2.24, 2.45) is 0 Å². The maximum Gasteiger partial charge on any atom is 0.0411 e. The average molecular weight is 463 g/mol. The number of anilines is 4. The van der Waals surface area contributed by atoms with Crippen molar-refractivity contribution in [3.05, 3.63) is 146 Å². The fourth-order valence-electron chi connectivity index (χ4n) is 4.67. The summed E-state index contributed by atoms with van der Waals surface area (Å²) >= 11 is 0. The molecule has 0 aromatic heterocycles. The third-order valence-electron chi connectivity index (χ3n) is 6.35. The lowest BCUT2D eigenvalue weighted by Crippen LogP contribution is -1.96. The van der Waals surface area contributed by atoms with Gasteiger partial charge in [-0.25, -0.2) is 0 Å². The highest BCUT2D eigenvalue weighted by Gasteiger charge is 2.09. The van der Waals surface area contributed by atoms with Crippen molar-refractivity contribution in [2.45, 2.75) is 0 Å². The molecule has 2 nitrogen and oxygen atoms in total. The van der Waals surface area contributed by atoms with E-state index in [1.54, 1.807) is 0 Å². The Balaban J connectivity index is 1.42. The Morgan fingerprint density at radius 1 is 0.333 bits per heavy atom. The molecule has 6 aromatic carbocycles. The molecule has 2 N–H and O–H groups in total. The first kappa shape index (κ1) is 21.7. The van der Waals surface area contributed by atoms with Crippen molar-refractivity contribution in [1.29, 1.82) is 0 Å². The van der Waals surface area contributed by atoms with Gasteiger partial charge < -0.3 is 10.6 Å². The fraction of sp³-hybridized carbons (Fsp3) is 0. The maximum atomic E-state index is 3.66. The summed E-state index contributed by atoms with van der Waals surface area (Å²) in [6, 6.07) is 51.0. The van der Waals surface area contributed by atoms with Crippen molar-refractivity contribution in [3.8, 4) is 22.3 Å². The van der Waals surface area contributed by atoms with Crippen molar-refractivity contribution in [2.75, 3.05) is 10.6 Å². The molecule has 0 fully saturated rings. The van der Waals surface area contributed by atoms with E-state index in [1.807, 2.05) is 24.3 Å². The van der Waals surface area contributed by atoms with Gasteiger partial charge in [0.1, 0.15) is 0 Å². The normalized spacial score (nSPS) is 10.8. The predicted molar refractivity (Wildman–Crippen MR) is 154 cm³/mol. The van der Waals surface area contributed by atoms with Gasteiger partial charge in [-0.05, 0) is 75.5 Å². The van der Waals surface area contributed by atoms with E-state index in [-0.39, 0.29) is 0 Å². The van der Waals surface area contributed by atoms with Crippen LogP contribution in [0.15, 0.2) is 146 Å². The number of nitrogens with one attached hydrogen (secondary N) is 2. The van der Waals surface area contributed by atoms with Gasteiger partial charge in [0, 0.05) is 22.7 Å². The van der Waals surface area contributed by atoms with Gasteiger partial charge in [-0.15, -0.1) is 0 Å². The van der Waals surface area contributed by atoms with Crippen LogP contribution < -0.4 is 10.6 Å². The predicted octanol–water partition coefficient (Wildman–Crippen LogP) is 9.66. The molecule has 2 heteroatoms. The summed E-state index contributed by atoms with van der Waals surface area (Å²) in [4.78, 5) is 0. The van der Waals surface area contributed by atoms with E-state index in [9.17, 15) is 0 Å². The molecule has 6 rings (SSSR count). The molecule has 0 aliphatic carbocycles. The van der Waals surface area contributed by atoms with Gasteiger partial charge in [0.25, 0.3) is 0 Å². The van der Waals surface area contributed by atoms with E-state index in [2.05, 4.69) is 132 Å². The molecule has 0 saturated heterocycles. The van der Waals surface area contributed by atoms with Crippen LogP contribution in [0, 0.1) is 0 Å². The molecule has 0 spiro atoms. The Morgan fingerprint density at radius 3 is 1.69 bits per heavy atom. The first-order chi connectivity index (χ1) is 17.8. The summed E-state index contributed by atoms with van der Waals surface area (Å²) in [6.45, 7) is 0. The second-order valence-corrected chi connectivity index (χ2v) is 8.89. The number of hydrogen-bond donors (Lipinski definition) is 2. The van der Waals surface area contributed by atoms with Crippen LogP contribution in [-0.4, -0.2) is 0 Å². The molecule has 0 atom stereocenters. The molecule has 0 unspecified atom stereocenters. The first-order valence-electron chi connectivity index (χ1n) is 12.2. The minimum absolute atomic E-state index is 1.03. The summed E-state index contributed by atoms with van der Waals surface area (Å²) < 4.78 is 0. The van der Waals surface area contributed by atoms with Crippen LogP contribution in [0.1, 0.15) is 0 Å². The Morgan fingerprint density at radius 2 is 0.889 bits per heavy atom. The van der Waals surface area contributed by atoms with Crippen LogP contribution in [-0.2, 0) is 0 Å². The standard InChI is InChI=1S/C34H26N2/c1-3-11-25(12-4-1)27-15-9-18-30(21-27)36-32-23-28(22-31(24-32)35-29-16-5-2-6-17-29)34-20-10-14-26-13-7-8-19-33(26)34/h1-24,35-36H. The molecule has 0 bridgehead atoms. The lowest BCUT2D eigenvalue weighted by atomic mass is 9.97. The third-order valence-corrected chi connectivity index (χ3v) is 6.35. The Labute approximate surface area is 211 Å². The molecule has 0 heterocycles. The molecule has 6 aromatic rings. The zero-order valence-electron chi connectivity index (χ0n) is 19.9. The van der Waals surface area contributed by atoms with Crippen LogP contribution in [0.4, 0.5) is 22.7 Å². The topological polar surface area (TPSA) is 24.1 Å². The minimum Gasteiger partial charge on any atom is -0.355 e. The van der Waals surface area contributed by atoms with E-state index in [1.165, 1.54) is 27.5 Å². The summed E-state index contributed by atoms with van der Waals surface area (Å²) in [5.41, 5.74) is 8.95. The smallest absolute Gasteiger partial charge is 0.0411 e. The highest BCUT2D eigenvalue weighted by atomic mass is 14.9. The lowest BCUT2D eigenvalue weighted by Gasteiger charge is -2.15. The van der Waals surface area contributed by atoms with E-state index in [0.29, 0.717) is 0 Å². The molecule has 172 valence electrons. The van der Waals surface area contributed by atoms with E-state index in [0.717, 1.165) is 28.3 Å². The molecule has 0 amide bonds. The van der Waals surface area contributed by atoms with Gasteiger partial charge in [0.2, 0.25) is 0 Å².